The lowest BCUT2D eigenvalue weighted by molar-refractivity contribution is -0.139. The smallest absolute Gasteiger partial charge is 0.407 e. The second kappa shape index (κ2) is 12.6. The summed E-state index contributed by atoms with van der Waals surface area (Å²) in [5.74, 6) is -1.38. The van der Waals surface area contributed by atoms with Gasteiger partial charge < -0.3 is 29.6 Å². The molecule has 0 fully saturated rings. The van der Waals surface area contributed by atoms with E-state index in [9.17, 15) is 24.3 Å². The van der Waals surface area contributed by atoms with Crippen LogP contribution in [0.1, 0.15) is 46.7 Å². The number of ether oxygens (including phenoxy) is 2. The number of fused-ring (bicyclic) bond motifs is 4. The van der Waals surface area contributed by atoms with Crippen molar-refractivity contribution in [2.45, 2.75) is 31.2 Å². The van der Waals surface area contributed by atoms with Gasteiger partial charge in [0.25, 0.3) is 5.91 Å². The first-order valence-corrected chi connectivity index (χ1v) is 13.6. The number of hydrogen-bond donors (Lipinski definition) is 3. The summed E-state index contributed by atoms with van der Waals surface area (Å²) in [6.45, 7) is 0.282. The number of hydrogen-bond acceptors (Lipinski definition) is 7. The van der Waals surface area contributed by atoms with Crippen LogP contribution in [0.5, 0.6) is 5.75 Å². The molecular weight excluding hydrogens is 540 g/mol. The SMILES string of the molecule is COc1ccc2cc(C(=O)NCCCCC(NC(=O)OCC3c4ccccc4-c4ccccc43)C(=O)O)c(=O)oc2c1. The van der Waals surface area contributed by atoms with Gasteiger partial charge in [-0.2, -0.15) is 0 Å². The van der Waals surface area contributed by atoms with E-state index in [1.54, 1.807) is 18.2 Å². The molecule has 10 nitrogen and oxygen atoms in total. The number of carboxylic acids is 1. The zero-order valence-corrected chi connectivity index (χ0v) is 22.9. The number of nitrogens with one attached hydrogen (secondary N) is 2. The quantitative estimate of drug-likeness (QED) is 0.174. The lowest BCUT2D eigenvalue weighted by Crippen LogP contribution is -2.41. The van der Waals surface area contributed by atoms with Crippen LogP contribution in [0.2, 0.25) is 0 Å². The minimum absolute atomic E-state index is 0.0779. The van der Waals surface area contributed by atoms with Crippen LogP contribution in [0.3, 0.4) is 0 Å². The molecule has 1 aliphatic carbocycles. The molecule has 3 N–H and O–H groups in total. The highest BCUT2D eigenvalue weighted by Gasteiger charge is 2.29. The monoisotopic (exact) mass is 570 g/mol. The highest BCUT2D eigenvalue weighted by molar-refractivity contribution is 5.96. The summed E-state index contributed by atoms with van der Waals surface area (Å²) in [6, 6.07) is 21.1. The maximum atomic E-state index is 12.6. The summed E-state index contributed by atoms with van der Waals surface area (Å²) in [7, 11) is 1.50. The van der Waals surface area contributed by atoms with E-state index in [1.807, 2.05) is 48.5 Å². The summed E-state index contributed by atoms with van der Waals surface area (Å²) >= 11 is 0. The molecule has 0 saturated heterocycles. The predicted molar refractivity (Wildman–Crippen MR) is 155 cm³/mol. The highest BCUT2D eigenvalue weighted by Crippen LogP contribution is 2.44. The molecule has 1 heterocycles. The van der Waals surface area contributed by atoms with E-state index in [4.69, 9.17) is 13.9 Å². The molecule has 5 rings (SSSR count). The Labute approximate surface area is 241 Å². The van der Waals surface area contributed by atoms with Crippen LogP contribution in [0.4, 0.5) is 4.79 Å². The Morgan fingerprint density at radius 1 is 0.952 bits per heavy atom. The number of rotatable bonds is 11. The second-order valence-corrected chi connectivity index (χ2v) is 9.96. The normalized spacial score (nSPS) is 12.7. The lowest BCUT2D eigenvalue weighted by atomic mass is 9.98. The van der Waals surface area contributed by atoms with E-state index in [0.717, 1.165) is 22.3 Å². The van der Waals surface area contributed by atoms with Gasteiger partial charge in [-0.25, -0.2) is 14.4 Å². The van der Waals surface area contributed by atoms with E-state index in [0.29, 0.717) is 29.6 Å². The maximum Gasteiger partial charge on any atom is 0.407 e. The fraction of sp³-hybridized carbons (Fsp3) is 0.250. The van der Waals surface area contributed by atoms with Gasteiger partial charge in [-0.05, 0) is 59.7 Å². The third kappa shape index (κ3) is 6.12. The van der Waals surface area contributed by atoms with Crippen molar-refractivity contribution in [3.63, 3.8) is 0 Å². The first kappa shape index (κ1) is 28.4. The molecule has 1 unspecified atom stereocenters. The fourth-order valence-corrected chi connectivity index (χ4v) is 5.19. The molecular formula is C32H30N2O8. The van der Waals surface area contributed by atoms with E-state index in [2.05, 4.69) is 10.6 Å². The van der Waals surface area contributed by atoms with E-state index >= 15 is 0 Å². The summed E-state index contributed by atoms with van der Waals surface area (Å²) in [4.78, 5) is 49.2. The molecule has 1 aliphatic rings. The lowest BCUT2D eigenvalue weighted by Gasteiger charge is -2.17. The van der Waals surface area contributed by atoms with Crippen LogP contribution in [0.25, 0.3) is 22.1 Å². The van der Waals surface area contributed by atoms with Crippen molar-refractivity contribution >= 4 is 28.9 Å². The Hall–Kier alpha value is -5.12. The van der Waals surface area contributed by atoms with E-state index in [1.165, 1.54) is 13.2 Å². The third-order valence-corrected chi connectivity index (χ3v) is 7.33. The van der Waals surface area contributed by atoms with Gasteiger partial charge in [0.2, 0.25) is 0 Å². The van der Waals surface area contributed by atoms with Gasteiger partial charge in [0, 0.05) is 23.9 Å². The fourth-order valence-electron chi connectivity index (χ4n) is 5.19. The molecule has 2 amide bonds. The standard InChI is InChI=1S/C32H30N2O8/c1-40-20-14-13-19-16-25(31(38)42-28(19)17-20)29(35)33-15-7-6-12-27(30(36)37)34-32(39)41-18-26-23-10-4-2-8-21(23)22-9-3-5-11-24(22)26/h2-5,8-11,13-14,16-17,26-27H,6-7,12,15,18H2,1H3,(H,33,35)(H,34,39)(H,36,37). The average Bonchev–Trinajstić information content (AvgIpc) is 3.32. The molecule has 42 heavy (non-hydrogen) atoms. The van der Waals surface area contributed by atoms with Crippen molar-refractivity contribution in [2.75, 3.05) is 20.3 Å². The first-order valence-electron chi connectivity index (χ1n) is 13.6. The molecule has 0 radical (unpaired) electrons. The van der Waals surface area contributed by atoms with Crippen LogP contribution >= 0.6 is 0 Å². The van der Waals surface area contributed by atoms with Gasteiger partial charge >= 0.3 is 17.7 Å². The van der Waals surface area contributed by atoms with Crippen LogP contribution in [0.15, 0.2) is 82.0 Å². The van der Waals surface area contributed by atoms with Gasteiger partial charge in [-0.3, -0.25) is 4.79 Å². The number of carbonyl (C=O) groups is 3. The van der Waals surface area contributed by atoms with E-state index < -0.39 is 29.6 Å². The first-order chi connectivity index (χ1) is 20.4. The summed E-state index contributed by atoms with van der Waals surface area (Å²) in [5, 5.41) is 15.3. The number of unbranched alkanes of at least 4 members (excludes halogenated alkanes) is 1. The number of amides is 2. The molecule has 0 spiro atoms. The largest absolute Gasteiger partial charge is 0.497 e. The number of aliphatic carboxylic acids is 1. The Balaban J connectivity index is 1.09. The summed E-state index contributed by atoms with van der Waals surface area (Å²) in [6.07, 6.45) is 0.151. The summed E-state index contributed by atoms with van der Waals surface area (Å²) < 4.78 is 15.8. The summed E-state index contributed by atoms with van der Waals surface area (Å²) in [5.41, 5.74) is 3.72. The van der Waals surface area contributed by atoms with E-state index in [-0.39, 0.29) is 31.1 Å². The van der Waals surface area contributed by atoms with Gasteiger partial charge in [0.1, 0.15) is 29.5 Å². The Morgan fingerprint density at radius 3 is 2.31 bits per heavy atom. The van der Waals surface area contributed by atoms with Crippen molar-refractivity contribution < 1.29 is 33.4 Å². The van der Waals surface area contributed by atoms with Crippen LogP contribution in [-0.4, -0.2) is 49.4 Å². The minimum atomic E-state index is -1.18. The minimum Gasteiger partial charge on any atom is -0.497 e. The van der Waals surface area contributed by atoms with Crippen molar-refractivity contribution in [1.82, 2.24) is 10.6 Å². The maximum absolute atomic E-state index is 12.6. The predicted octanol–water partition coefficient (Wildman–Crippen LogP) is 4.69. The molecule has 0 aliphatic heterocycles. The topological polar surface area (TPSA) is 144 Å². The number of carbonyl (C=O) groups excluding carboxylic acids is 2. The van der Waals surface area contributed by atoms with Crippen LogP contribution in [-0.2, 0) is 9.53 Å². The molecule has 0 saturated carbocycles. The van der Waals surface area contributed by atoms with Gasteiger partial charge in [0.15, 0.2) is 0 Å². The van der Waals surface area contributed by atoms with Gasteiger partial charge in [-0.15, -0.1) is 0 Å². The Morgan fingerprint density at radius 2 is 1.64 bits per heavy atom. The van der Waals surface area contributed by atoms with Gasteiger partial charge in [-0.1, -0.05) is 48.5 Å². The number of alkyl carbamates (subject to hydrolysis) is 1. The van der Waals surface area contributed by atoms with Gasteiger partial charge in [0.05, 0.1) is 7.11 Å². The Kier molecular flexibility index (Phi) is 8.52. The van der Waals surface area contributed by atoms with Crippen molar-refractivity contribution in [3.05, 3.63) is 99.9 Å². The Bertz CT molecular complexity index is 1650. The number of methoxy groups -OCH3 is 1. The number of carboxylic acid groups (broad SMARTS) is 1. The zero-order chi connectivity index (χ0) is 29.6. The molecule has 216 valence electrons. The van der Waals surface area contributed by atoms with Crippen molar-refractivity contribution in [1.29, 1.82) is 0 Å². The third-order valence-electron chi connectivity index (χ3n) is 7.33. The molecule has 3 aromatic carbocycles. The molecule has 10 heteroatoms. The van der Waals surface area contributed by atoms with Crippen LogP contribution in [0, 0.1) is 0 Å². The zero-order valence-electron chi connectivity index (χ0n) is 22.9. The molecule has 1 atom stereocenters. The van der Waals surface area contributed by atoms with Crippen molar-refractivity contribution in [3.8, 4) is 16.9 Å². The molecule has 0 bridgehead atoms. The second-order valence-electron chi connectivity index (χ2n) is 9.96. The average molecular weight is 571 g/mol. The number of benzene rings is 3. The van der Waals surface area contributed by atoms with Crippen molar-refractivity contribution in [2.24, 2.45) is 0 Å². The van der Waals surface area contributed by atoms with Crippen LogP contribution < -0.4 is 21.0 Å². The molecule has 1 aromatic heterocycles. The highest BCUT2D eigenvalue weighted by atomic mass is 16.5. The molecule has 4 aromatic rings.